The number of halogens is 2. The molecule has 0 saturated heterocycles. The minimum Gasteiger partial charge on any atom is -0.480 e. The summed E-state index contributed by atoms with van der Waals surface area (Å²) in [4.78, 5) is 4.03. The minimum atomic E-state index is 0.197. The number of nitrogens with one attached hydrogen (secondary N) is 1. The number of nitrogens with zero attached hydrogens (tertiary/aromatic N) is 2. The van der Waals surface area contributed by atoms with Crippen molar-refractivity contribution in [1.29, 1.82) is 0 Å². The fraction of sp³-hybridized carbons (Fsp3) is 0.0667. The Labute approximate surface area is 132 Å². The van der Waals surface area contributed by atoms with Crippen molar-refractivity contribution >= 4 is 35.2 Å². The second kappa shape index (κ2) is 7.53. The predicted molar refractivity (Wildman–Crippen MR) is 86.2 cm³/mol. The predicted octanol–water partition coefficient (Wildman–Crippen LogP) is 3.85. The first kappa shape index (κ1) is 15.2. The van der Waals surface area contributed by atoms with Gasteiger partial charge in [-0.25, -0.2) is 4.98 Å². The first-order valence-corrected chi connectivity index (χ1v) is 6.71. The van der Waals surface area contributed by atoms with E-state index in [1.54, 1.807) is 12.3 Å². The summed E-state index contributed by atoms with van der Waals surface area (Å²) >= 11 is 11.8. The number of hydrogen-bond acceptors (Lipinski definition) is 4. The molecule has 1 aromatic heterocycles. The van der Waals surface area contributed by atoms with Crippen LogP contribution in [0.25, 0.3) is 0 Å². The number of ether oxygens (including phenoxy) is 1. The Morgan fingerprint density at radius 2 is 2.19 bits per heavy atom. The fourth-order valence-electron chi connectivity index (χ4n) is 1.50. The normalized spacial score (nSPS) is 10.3. The molecule has 6 heteroatoms. The van der Waals surface area contributed by atoms with Crippen LogP contribution < -0.4 is 10.2 Å². The third kappa shape index (κ3) is 4.38. The first-order chi connectivity index (χ1) is 10.2. The van der Waals surface area contributed by atoms with E-state index in [1.165, 1.54) is 6.20 Å². The molecule has 106 valence electrons. The van der Waals surface area contributed by atoms with Gasteiger partial charge in [0.2, 0.25) is 0 Å². The van der Waals surface area contributed by atoms with Crippen LogP contribution in [-0.2, 0) is 0 Å². The lowest BCUT2D eigenvalue weighted by molar-refractivity contribution is 0.370. The number of pyridine rings is 1. The third-order valence-corrected chi connectivity index (χ3v) is 2.91. The zero-order chi connectivity index (χ0) is 15.1. The van der Waals surface area contributed by atoms with E-state index >= 15 is 0 Å². The van der Waals surface area contributed by atoms with Crippen molar-refractivity contribution in [3.63, 3.8) is 0 Å². The topological polar surface area (TPSA) is 46.5 Å². The standard InChI is InChI=1S/C15H11Cl2N3O/c1-2-7-21-14-6-4-3-5-11(14)9-19-20-15-13(17)8-12(16)10-18-15/h1,3-6,8-10H,7H2,(H,18,20)/b19-9-. The fourth-order valence-corrected chi connectivity index (χ4v) is 1.92. The molecule has 0 aliphatic carbocycles. The Kier molecular flexibility index (Phi) is 5.44. The molecule has 0 fully saturated rings. The molecule has 2 aromatic rings. The van der Waals surface area contributed by atoms with Gasteiger partial charge in [0.25, 0.3) is 0 Å². The number of rotatable bonds is 5. The van der Waals surface area contributed by atoms with Crippen molar-refractivity contribution in [1.82, 2.24) is 4.98 Å². The van der Waals surface area contributed by atoms with E-state index in [0.29, 0.717) is 21.6 Å². The van der Waals surface area contributed by atoms with Gasteiger partial charge in [0, 0.05) is 11.8 Å². The molecular weight excluding hydrogens is 309 g/mol. The molecule has 0 spiro atoms. The molecule has 1 aromatic carbocycles. The van der Waals surface area contributed by atoms with E-state index < -0.39 is 0 Å². The largest absolute Gasteiger partial charge is 0.480 e. The Morgan fingerprint density at radius 1 is 1.38 bits per heavy atom. The molecule has 0 aliphatic rings. The second-order valence-corrected chi connectivity index (χ2v) is 4.73. The average Bonchev–Trinajstić information content (AvgIpc) is 2.48. The molecular formula is C15H11Cl2N3O. The summed E-state index contributed by atoms with van der Waals surface area (Å²) in [6.45, 7) is 0.197. The maximum Gasteiger partial charge on any atom is 0.165 e. The highest BCUT2D eigenvalue weighted by Crippen LogP contribution is 2.22. The minimum absolute atomic E-state index is 0.197. The molecule has 1 N–H and O–H groups in total. The smallest absolute Gasteiger partial charge is 0.165 e. The van der Waals surface area contributed by atoms with Crippen molar-refractivity contribution in [2.75, 3.05) is 12.0 Å². The Hall–Kier alpha value is -2.22. The molecule has 0 atom stereocenters. The van der Waals surface area contributed by atoms with E-state index in [0.717, 1.165) is 5.56 Å². The molecule has 0 bridgehead atoms. The van der Waals surface area contributed by atoms with Crippen LogP contribution in [0.5, 0.6) is 5.75 Å². The number of para-hydroxylation sites is 1. The van der Waals surface area contributed by atoms with Crippen LogP contribution in [0, 0.1) is 12.3 Å². The summed E-state index contributed by atoms with van der Waals surface area (Å²) in [5.74, 6) is 3.48. The van der Waals surface area contributed by atoms with E-state index in [-0.39, 0.29) is 6.61 Å². The van der Waals surface area contributed by atoms with Crippen LogP contribution in [0.1, 0.15) is 5.56 Å². The number of terminal acetylenes is 1. The summed E-state index contributed by atoms with van der Waals surface area (Å²) < 4.78 is 5.41. The van der Waals surface area contributed by atoms with Gasteiger partial charge in [-0.3, -0.25) is 5.43 Å². The van der Waals surface area contributed by atoms with Gasteiger partial charge < -0.3 is 4.74 Å². The monoisotopic (exact) mass is 319 g/mol. The number of hydrogen-bond donors (Lipinski definition) is 1. The van der Waals surface area contributed by atoms with Crippen LogP contribution in [0.2, 0.25) is 10.0 Å². The van der Waals surface area contributed by atoms with Gasteiger partial charge in [-0.1, -0.05) is 41.3 Å². The van der Waals surface area contributed by atoms with Gasteiger partial charge in [0.1, 0.15) is 12.4 Å². The summed E-state index contributed by atoms with van der Waals surface area (Å²) in [7, 11) is 0. The SMILES string of the molecule is C#CCOc1ccccc1/C=N\Nc1ncc(Cl)cc1Cl. The van der Waals surface area contributed by atoms with Crippen molar-refractivity contribution in [2.24, 2.45) is 5.10 Å². The second-order valence-electron chi connectivity index (χ2n) is 3.88. The zero-order valence-electron chi connectivity index (χ0n) is 10.9. The number of benzene rings is 1. The van der Waals surface area contributed by atoms with Crippen molar-refractivity contribution in [3.8, 4) is 18.1 Å². The van der Waals surface area contributed by atoms with Crippen molar-refractivity contribution in [3.05, 3.63) is 52.1 Å². The van der Waals surface area contributed by atoms with Gasteiger partial charge in [-0.2, -0.15) is 5.10 Å². The van der Waals surface area contributed by atoms with E-state index in [1.807, 2.05) is 24.3 Å². The molecule has 0 saturated carbocycles. The molecule has 21 heavy (non-hydrogen) atoms. The summed E-state index contributed by atoms with van der Waals surface area (Å²) in [5.41, 5.74) is 3.53. The molecule has 0 unspecified atom stereocenters. The highest BCUT2D eigenvalue weighted by atomic mass is 35.5. The van der Waals surface area contributed by atoms with Crippen LogP contribution in [0.3, 0.4) is 0 Å². The molecule has 2 rings (SSSR count). The molecule has 4 nitrogen and oxygen atoms in total. The average molecular weight is 320 g/mol. The lowest BCUT2D eigenvalue weighted by Crippen LogP contribution is -1.99. The van der Waals surface area contributed by atoms with Crippen molar-refractivity contribution in [2.45, 2.75) is 0 Å². The lowest BCUT2D eigenvalue weighted by atomic mass is 10.2. The Balaban J connectivity index is 2.09. The number of hydrazone groups is 1. The highest BCUT2D eigenvalue weighted by molar-refractivity contribution is 6.35. The molecule has 0 radical (unpaired) electrons. The summed E-state index contributed by atoms with van der Waals surface area (Å²) in [6, 6.07) is 8.98. The maximum atomic E-state index is 5.98. The number of anilines is 1. The van der Waals surface area contributed by atoms with Crippen LogP contribution in [0.15, 0.2) is 41.6 Å². The summed E-state index contributed by atoms with van der Waals surface area (Å²) in [5, 5.41) is 4.92. The molecule has 0 amide bonds. The van der Waals surface area contributed by atoms with Gasteiger partial charge >= 0.3 is 0 Å². The third-order valence-electron chi connectivity index (χ3n) is 2.41. The Bertz CT molecular complexity index is 696. The molecule has 1 heterocycles. The summed E-state index contributed by atoms with van der Waals surface area (Å²) in [6.07, 6.45) is 8.25. The first-order valence-electron chi connectivity index (χ1n) is 5.96. The van der Waals surface area contributed by atoms with Gasteiger partial charge in [0.05, 0.1) is 16.3 Å². The van der Waals surface area contributed by atoms with Crippen LogP contribution >= 0.6 is 23.2 Å². The van der Waals surface area contributed by atoms with E-state index in [2.05, 4.69) is 21.4 Å². The maximum absolute atomic E-state index is 5.98. The van der Waals surface area contributed by atoms with E-state index in [4.69, 9.17) is 34.4 Å². The van der Waals surface area contributed by atoms with Gasteiger partial charge in [0.15, 0.2) is 5.82 Å². The highest BCUT2D eigenvalue weighted by Gasteiger charge is 2.02. The van der Waals surface area contributed by atoms with Crippen LogP contribution in [0.4, 0.5) is 5.82 Å². The zero-order valence-corrected chi connectivity index (χ0v) is 12.4. The van der Waals surface area contributed by atoms with E-state index in [9.17, 15) is 0 Å². The number of aromatic nitrogens is 1. The lowest BCUT2D eigenvalue weighted by Gasteiger charge is -2.06. The van der Waals surface area contributed by atoms with Crippen molar-refractivity contribution < 1.29 is 4.74 Å². The quantitative estimate of drug-likeness (QED) is 0.517. The van der Waals surface area contributed by atoms with Gasteiger partial charge in [-0.15, -0.1) is 6.42 Å². The van der Waals surface area contributed by atoms with Crippen LogP contribution in [-0.4, -0.2) is 17.8 Å². The van der Waals surface area contributed by atoms with Gasteiger partial charge in [-0.05, 0) is 18.2 Å². The molecule has 0 aliphatic heterocycles. The Morgan fingerprint density at radius 3 is 2.95 bits per heavy atom.